The Bertz CT molecular complexity index is 547. The summed E-state index contributed by atoms with van der Waals surface area (Å²) in [7, 11) is 0. The lowest BCUT2D eigenvalue weighted by atomic mass is 9.84. The van der Waals surface area contributed by atoms with E-state index >= 15 is 0 Å². The van der Waals surface area contributed by atoms with E-state index in [0.29, 0.717) is 5.92 Å². The molecule has 114 valence electrons. The second-order valence-corrected chi connectivity index (χ2v) is 5.16. The Hall–Kier alpha value is -1.65. The van der Waals surface area contributed by atoms with Crippen LogP contribution in [0.3, 0.4) is 0 Å². The number of halogens is 5. The average molecular weight is 302 g/mol. The molecule has 1 aliphatic rings. The summed E-state index contributed by atoms with van der Waals surface area (Å²) >= 11 is 0. The third kappa shape index (κ3) is 3.71. The van der Waals surface area contributed by atoms with E-state index in [-0.39, 0.29) is 5.56 Å². The lowest BCUT2D eigenvalue weighted by molar-refractivity contribution is 0.370. The van der Waals surface area contributed by atoms with Gasteiger partial charge in [0.2, 0.25) is 11.7 Å². The second-order valence-electron chi connectivity index (χ2n) is 5.16. The van der Waals surface area contributed by atoms with Gasteiger partial charge in [0.1, 0.15) is 0 Å². The van der Waals surface area contributed by atoms with Crippen molar-refractivity contribution in [3.63, 3.8) is 0 Å². The van der Waals surface area contributed by atoms with Crippen LogP contribution in [0.25, 0.3) is 5.83 Å². The van der Waals surface area contributed by atoms with Crippen LogP contribution in [-0.2, 0) is 0 Å². The van der Waals surface area contributed by atoms with Crippen molar-refractivity contribution in [1.82, 2.24) is 0 Å². The number of benzene rings is 1. The summed E-state index contributed by atoms with van der Waals surface area (Å²) < 4.78 is 63.3. The maximum atomic E-state index is 13.6. The summed E-state index contributed by atoms with van der Waals surface area (Å²) in [6.45, 7) is 0. The van der Waals surface area contributed by atoms with Gasteiger partial charge in [-0.2, -0.15) is 13.2 Å². The van der Waals surface area contributed by atoms with Crippen molar-refractivity contribution in [2.24, 2.45) is 0 Å². The molecule has 0 bridgehead atoms. The van der Waals surface area contributed by atoms with Crippen LogP contribution in [0.2, 0.25) is 0 Å². The molecule has 1 aliphatic carbocycles. The number of hydrogen-bond acceptors (Lipinski definition) is 0. The summed E-state index contributed by atoms with van der Waals surface area (Å²) in [5.74, 6) is -5.84. The van der Waals surface area contributed by atoms with Crippen molar-refractivity contribution in [2.75, 3.05) is 0 Å². The molecule has 1 fully saturated rings. The van der Waals surface area contributed by atoms with Crippen molar-refractivity contribution in [3.05, 3.63) is 53.1 Å². The van der Waals surface area contributed by atoms with E-state index in [4.69, 9.17) is 0 Å². The summed E-state index contributed by atoms with van der Waals surface area (Å²) in [6, 6.07) is 5.88. The molecule has 5 heteroatoms. The third-order valence-electron chi connectivity index (χ3n) is 3.79. The molecule has 0 saturated heterocycles. The molecule has 0 N–H and O–H groups in total. The minimum absolute atomic E-state index is 0.247. The lowest BCUT2D eigenvalue weighted by Crippen LogP contribution is -2.04. The molecule has 0 radical (unpaired) electrons. The van der Waals surface area contributed by atoms with E-state index in [2.05, 4.69) is 0 Å². The smallest absolute Gasteiger partial charge is 0.203 e. The predicted octanol–water partition coefficient (Wildman–Crippen LogP) is 6.42. The molecule has 0 spiro atoms. The van der Waals surface area contributed by atoms with E-state index in [1.165, 1.54) is 18.6 Å². The fraction of sp³-hybridized carbons (Fsp3) is 0.375. The Morgan fingerprint density at radius 2 is 1.33 bits per heavy atom. The summed E-state index contributed by atoms with van der Waals surface area (Å²) in [5, 5.41) is 0. The maximum Gasteiger partial charge on any atom is 0.308 e. The van der Waals surface area contributed by atoms with E-state index in [9.17, 15) is 22.0 Å². The lowest BCUT2D eigenvalue weighted by Gasteiger charge is -2.22. The van der Waals surface area contributed by atoms with Crippen LogP contribution in [0.15, 0.2) is 42.0 Å². The molecule has 1 aromatic carbocycles. The molecule has 0 amide bonds. The van der Waals surface area contributed by atoms with Crippen LogP contribution in [0.4, 0.5) is 22.0 Å². The molecule has 0 unspecified atom stereocenters. The molecule has 0 aromatic heterocycles. The van der Waals surface area contributed by atoms with E-state index in [0.717, 1.165) is 31.2 Å². The largest absolute Gasteiger partial charge is 0.308 e. The topological polar surface area (TPSA) is 0 Å². The van der Waals surface area contributed by atoms with Gasteiger partial charge in [-0.15, -0.1) is 0 Å². The van der Waals surface area contributed by atoms with Gasteiger partial charge in [-0.1, -0.05) is 43.5 Å². The van der Waals surface area contributed by atoms with Crippen LogP contribution in [0, 0.1) is 0 Å². The van der Waals surface area contributed by atoms with Crippen molar-refractivity contribution in [2.45, 2.75) is 38.0 Å². The molecule has 2 rings (SSSR count). The van der Waals surface area contributed by atoms with Crippen LogP contribution in [0.5, 0.6) is 0 Å². The van der Waals surface area contributed by atoms with Gasteiger partial charge in [-0.05, 0) is 24.3 Å². The molecular weight excluding hydrogens is 287 g/mol. The summed E-state index contributed by atoms with van der Waals surface area (Å²) in [4.78, 5) is 0. The molecule has 0 aliphatic heterocycles. The Labute approximate surface area is 120 Å². The predicted molar refractivity (Wildman–Crippen MR) is 71.8 cm³/mol. The first kappa shape index (κ1) is 15.7. The van der Waals surface area contributed by atoms with Crippen molar-refractivity contribution in [1.29, 1.82) is 0 Å². The van der Waals surface area contributed by atoms with E-state index in [1.807, 2.05) is 0 Å². The highest BCUT2D eigenvalue weighted by molar-refractivity contribution is 5.64. The Morgan fingerprint density at radius 1 is 0.762 bits per heavy atom. The zero-order chi connectivity index (χ0) is 15.4. The third-order valence-corrected chi connectivity index (χ3v) is 3.79. The Kier molecular flexibility index (Phi) is 5.15. The molecule has 0 heterocycles. The SMILES string of the molecule is FC(F)=C(F)/C(F)=C(\F)c1ccc(C2CCCCC2)cc1. The van der Waals surface area contributed by atoms with Crippen LogP contribution >= 0.6 is 0 Å². The summed E-state index contributed by atoms with van der Waals surface area (Å²) in [5.41, 5.74) is 0.766. The highest BCUT2D eigenvalue weighted by atomic mass is 19.3. The first-order chi connectivity index (χ1) is 10.0. The van der Waals surface area contributed by atoms with E-state index < -0.39 is 23.6 Å². The normalized spacial score (nSPS) is 17.4. The Morgan fingerprint density at radius 3 is 1.86 bits per heavy atom. The standard InChI is InChI=1S/C16H15F5/c17-13(14(18)15(19)16(20)21)12-8-6-11(7-9-12)10-4-2-1-3-5-10/h6-10H,1-5H2/b14-13+. The van der Waals surface area contributed by atoms with Crippen molar-refractivity contribution < 1.29 is 22.0 Å². The van der Waals surface area contributed by atoms with Gasteiger partial charge in [0.05, 0.1) is 0 Å². The molecule has 1 aromatic rings. The van der Waals surface area contributed by atoms with Crippen LogP contribution in [0.1, 0.15) is 49.1 Å². The van der Waals surface area contributed by atoms with E-state index in [1.54, 1.807) is 12.1 Å². The summed E-state index contributed by atoms with van der Waals surface area (Å²) in [6.07, 6.45) is 2.72. The Balaban J connectivity index is 2.22. The molecular formula is C16H15F5. The van der Waals surface area contributed by atoms with Crippen LogP contribution in [-0.4, -0.2) is 0 Å². The minimum Gasteiger partial charge on any atom is -0.203 e. The fourth-order valence-electron chi connectivity index (χ4n) is 2.64. The number of hydrogen-bond donors (Lipinski definition) is 0. The molecule has 0 atom stereocenters. The first-order valence-corrected chi connectivity index (χ1v) is 6.87. The average Bonchev–Trinajstić information content (AvgIpc) is 2.53. The van der Waals surface area contributed by atoms with Gasteiger partial charge in [0.25, 0.3) is 0 Å². The van der Waals surface area contributed by atoms with Crippen molar-refractivity contribution >= 4 is 5.83 Å². The van der Waals surface area contributed by atoms with Gasteiger partial charge in [0, 0.05) is 5.56 Å². The second kappa shape index (κ2) is 6.87. The fourth-order valence-corrected chi connectivity index (χ4v) is 2.64. The van der Waals surface area contributed by atoms with Gasteiger partial charge in [-0.25, -0.2) is 8.78 Å². The number of allylic oxidation sites excluding steroid dienone is 2. The highest BCUT2D eigenvalue weighted by Gasteiger charge is 2.20. The van der Waals surface area contributed by atoms with Crippen molar-refractivity contribution in [3.8, 4) is 0 Å². The molecule has 21 heavy (non-hydrogen) atoms. The van der Waals surface area contributed by atoms with Gasteiger partial charge < -0.3 is 0 Å². The zero-order valence-corrected chi connectivity index (χ0v) is 11.3. The molecule has 0 nitrogen and oxygen atoms in total. The number of rotatable bonds is 3. The maximum absolute atomic E-state index is 13.6. The molecule has 1 saturated carbocycles. The quantitative estimate of drug-likeness (QED) is 0.446. The van der Waals surface area contributed by atoms with Gasteiger partial charge in [-0.3, -0.25) is 0 Å². The van der Waals surface area contributed by atoms with Gasteiger partial charge in [0.15, 0.2) is 5.83 Å². The highest BCUT2D eigenvalue weighted by Crippen LogP contribution is 2.34. The van der Waals surface area contributed by atoms with Crippen LogP contribution < -0.4 is 0 Å². The van der Waals surface area contributed by atoms with Gasteiger partial charge >= 0.3 is 6.08 Å². The first-order valence-electron chi connectivity index (χ1n) is 6.87. The zero-order valence-electron chi connectivity index (χ0n) is 11.3. The monoisotopic (exact) mass is 302 g/mol. The minimum atomic E-state index is -2.87.